The van der Waals surface area contributed by atoms with Crippen LogP contribution < -0.4 is 0 Å². The number of Topliss-reactive ketones (excluding diaryl/α,β-unsaturated/α-hetero) is 1. The first kappa shape index (κ1) is 12.7. The van der Waals surface area contributed by atoms with Crippen molar-refractivity contribution < 1.29 is 9.18 Å². The van der Waals surface area contributed by atoms with Crippen LogP contribution in [-0.2, 0) is 6.42 Å². The summed E-state index contributed by atoms with van der Waals surface area (Å²) in [5.41, 5.74) is 1.37. The second kappa shape index (κ2) is 5.29. The van der Waals surface area contributed by atoms with Crippen LogP contribution in [0.25, 0.3) is 0 Å². The molecule has 0 unspecified atom stereocenters. The first-order chi connectivity index (χ1) is 8.06. The normalized spacial score (nSPS) is 10.5. The molecule has 0 aliphatic carbocycles. The predicted molar refractivity (Wildman–Crippen MR) is 71.5 cm³/mol. The molecule has 0 saturated carbocycles. The van der Waals surface area contributed by atoms with Gasteiger partial charge in [0.05, 0.1) is 8.81 Å². The van der Waals surface area contributed by atoms with E-state index in [0.29, 0.717) is 11.1 Å². The van der Waals surface area contributed by atoms with Crippen molar-refractivity contribution >= 4 is 44.7 Å². The average Bonchev–Trinajstić information content (AvgIpc) is 2.70. The van der Waals surface area contributed by atoms with Gasteiger partial charge in [0.2, 0.25) is 0 Å². The van der Waals surface area contributed by atoms with Gasteiger partial charge in [-0.25, -0.2) is 4.39 Å². The van der Waals surface area contributed by atoms with E-state index in [1.807, 2.05) is 0 Å². The van der Waals surface area contributed by atoms with Gasteiger partial charge in [0.15, 0.2) is 5.78 Å². The van der Waals surface area contributed by atoms with Gasteiger partial charge in [0, 0.05) is 17.4 Å². The first-order valence-electron chi connectivity index (χ1n) is 4.77. The molecule has 5 heteroatoms. The van der Waals surface area contributed by atoms with Crippen molar-refractivity contribution in [2.75, 3.05) is 0 Å². The summed E-state index contributed by atoms with van der Waals surface area (Å²) < 4.78 is 13.9. The lowest BCUT2D eigenvalue weighted by atomic mass is 10.1. The van der Waals surface area contributed by atoms with Crippen LogP contribution in [0.4, 0.5) is 4.39 Å². The maximum atomic E-state index is 12.9. The van der Waals surface area contributed by atoms with E-state index in [4.69, 9.17) is 11.6 Å². The van der Waals surface area contributed by atoms with E-state index in [2.05, 4.69) is 15.9 Å². The number of benzene rings is 1. The van der Waals surface area contributed by atoms with E-state index < -0.39 is 5.82 Å². The van der Waals surface area contributed by atoms with Gasteiger partial charge in [0.1, 0.15) is 5.82 Å². The number of halogens is 3. The Kier molecular flexibility index (Phi) is 3.97. The minimum absolute atomic E-state index is 0.00498. The highest BCUT2D eigenvalue weighted by atomic mass is 79.9. The van der Waals surface area contributed by atoms with E-state index in [1.165, 1.54) is 23.5 Å². The third-order valence-electron chi connectivity index (χ3n) is 2.24. The zero-order chi connectivity index (χ0) is 12.4. The summed E-state index contributed by atoms with van der Waals surface area (Å²) in [6.45, 7) is 0. The summed E-state index contributed by atoms with van der Waals surface area (Å²) in [6, 6.07) is 6.10. The Labute approximate surface area is 115 Å². The van der Waals surface area contributed by atoms with Crippen molar-refractivity contribution in [2.24, 2.45) is 0 Å². The molecule has 0 saturated heterocycles. The molecule has 0 amide bonds. The Morgan fingerprint density at radius 3 is 2.76 bits per heavy atom. The van der Waals surface area contributed by atoms with Crippen molar-refractivity contribution in [1.82, 2.24) is 0 Å². The number of hydrogen-bond acceptors (Lipinski definition) is 2. The molecule has 0 bridgehead atoms. The Morgan fingerprint density at radius 2 is 2.18 bits per heavy atom. The number of rotatable bonds is 3. The minimum atomic E-state index is -0.471. The van der Waals surface area contributed by atoms with Gasteiger partial charge >= 0.3 is 0 Å². The van der Waals surface area contributed by atoms with Crippen LogP contribution >= 0.6 is 38.9 Å². The monoisotopic (exact) mass is 332 g/mol. The molecule has 1 nitrogen and oxygen atoms in total. The molecule has 0 aliphatic heterocycles. The van der Waals surface area contributed by atoms with Crippen LogP contribution in [0.2, 0.25) is 5.02 Å². The lowest BCUT2D eigenvalue weighted by Crippen LogP contribution is -2.02. The molecule has 88 valence electrons. The molecule has 2 rings (SSSR count). The zero-order valence-corrected chi connectivity index (χ0v) is 11.7. The topological polar surface area (TPSA) is 17.1 Å². The molecule has 0 fully saturated rings. The van der Waals surface area contributed by atoms with Gasteiger partial charge in [0.25, 0.3) is 0 Å². The predicted octanol–water partition coefficient (Wildman–Crippen LogP) is 4.73. The molecule has 0 aliphatic rings. The van der Waals surface area contributed by atoms with Crippen LogP contribution in [-0.4, -0.2) is 5.78 Å². The van der Waals surface area contributed by atoms with Crippen LogP contribution in [0.1, 0.15) is 15.9 Å². The van der Waals surface area contributed by atoms with Crippen LogP contribution in [0, 0.1) is 5.82 Å². The number of hydrogen-bond donors (Lipinski definition) is 0. The highest BCUT2D eigenvalue weighted by molar-refractivity contribution is 9.11. The van der Waals surface area contributed by atoms with Gasteiger partial charge < -0.3 is 0 Å². The van der Waals surface area contributed by atoms with Crippen molar-refractivity contribution in [3.63, 3.8) is 0 Å². The molecule has 0 N–H and O–H groups in total. The van der Waals surface area contributed by atoms with Gasteiger partial charge in [-0.2, -0.15) is 0 Å². The maximum Gasteiger partial charge on any atom is 0.168 e. The number of carbonyl (C=O) groups excluding carboxylic acids is 1. The molecule has 0 radical (unpaired) electrons. The van der Waals surface area contributed by atoms with E-state index in [9.17, 15) is 9.18 Å². The molecule has 17 heavy (non-hydrogen) atoms. The third kappa shape index (κ3) is 3.15. The Hall–Kier alpha value is -0.710. The van der Waals surface area contributed by atoms with Crippen molar-refractivity contribution in [2.45, 2.75) is 6.42 Å². The first-order valence-corrected chi connectivity index (χ1v) is 6.82. The zero-order valence-electron chi connectivity index (χ0n) is 8.54. The highest BCUT2D eigenvalue weighted by Gasteiger charge is 2.10. The van der Waals surface area contributed by atoms with E-state index in [-0.39, 0.29) is 17.2 Å². The summed E-state index contributed by atoms with van der Waals surface area (Å²) >= 11 is 10.4. The third-order valence-corrected chi connectivity index (χ3v) is 4.03. The van der Waals surface area contributed by atoms with Crippen LogP contribution in [0.3, 0.4) is 0 Å². The average molecular weight is 334 g/mol. The largest absolute Gasteiger partial charge is 0.294 e. The number of carbonyl (C=O) groups is 1. The maximum absolute atomic E-state index is 12.9. The van der Waals surface area contributed by atoms with E-state index in [1.54, 1.807) is 17.5 Å². The van der Waals surface area contributed by atoms with Gasteiger partial charge in [-0.3, -0.25) is 4.79 Å². The summed E-state index contributed by atoms with van der Waals surface area (Å²) in [5, 5.41) is 1.83. The Bertz CT molecular complexity index is 567. The quantitative estimate of drug-likeness (QED) is 0.742. The molecule has 0 spiro atoms. The summed E-state index contributed by atoms with van der Waals surface area (Å²) in [6.07, 6.45) is 0.225. The molecule has 1 aromatic heterocycles. The Morgan fingerprint density at radius 1 is 1.41 bits per heavy atom. The standard InChI is InChI=1S/C12H7BrClFOS/c13-12-5-8(6-17-12)11(16)4-7-1-2-10(15)9(14)3-7/h1-3,5-6H,4H2. The number of ketones is 1. The lowest BCUT2D eigenvalue weighted by Gasteiger charge is -2.01. The fourth-order valence-corrected chi connectivity index (χ4v) is 2.76. The number of thiophene rings is 1. The van der Waals surface area contributed by atoms with Crippen LogP contribution in [0.5, 0.6) is 0 Å². The van der Waals surface area contributed by atoms with Gasteiger partial charge in [-0.1, -0.05) is 17.7 Å². The summed E-state index contributed by atoms with van der Waals surface area (Å²) in [7, 11) is 0. The highest BCUT2D eigenvalue weighted by Crippen LogP contribution is 2.23. The second-order valence-electron chi connectivity index (χ2n) is 3.49. The summed E-state index contributed by atoms with van der Waals surface area (Å²) in [4.78, 5) is 11.9. The van der Waals surface area contributed by atoms with Crippen molar-refractivity contribution in [3.8, 4) is 0 Å². The van der Waals surface area contributed by atoms with Crippen molar-refractivity contribution in [1.29, 1.82) is 0 Å². The second-order valence-corrected chi connectivity index (χ2v) is 6.19. The Balaban J connectivity index is 2.15. The molecule has 1 aromatic carbocycles. The molecular weight excluding hydrogens is 327 g/mol. The molecular formula is C12H7BrClFOS. The van der Waals surface area contributed by atoms with Crippen molar-refractivity contribution in [3.05, 3.63) is 55.4 Å². The lowest BCUT2D eigenvalue weighted by molar-refractivity contribution is 0.0993. The fourth-order valence-electron chi connectivity index (χ4n) is 1.39. The smallest absolute Gasteiger partial charge is 0.168 e. The SMILES string of the molecule is O=C(Cc1ccc(F)c(Cl)c1)c1csc(Br)c1. The fraction of sp³-hybridized carbons (Fsp3) is 0.0833. The van der Waals surface area contributed by atoms with Crippen LogP contribution in [0.15, 0.2) is 33.4 Å². The molecule has 1 heterocycles. The van der Waals surface area contributed by atoms with Gasteiger partial charge in [-0.15, -0.1) is 11.3 Å². The molecule has 0 atom stereocenters. The van der Waals surface area contributed by atoms with E-state index >= 15 is 0 Å². The van der Waals surface area contributed by atoms with Gasteiger partial charge in [-0.05, 0) is 39.7 Å². The minimum Gasteiger partial charge on any atom is -0.294 e. The summed E-state index contributed by atoms with van der Waals surface area (Å²) in [5.74, 6) is -0.476. The van der Waals surface area contributed by atoms with E-state index in [0.717, 1.165) is 3.79 Å². The molecule has 2 aromatic rings.